The average molecular weight is 242 g/mol. The summed E-state index contributed by atoms with van der Waals surface area (Å²) in [6, 6.07) is 4.25. The van der Waals surface area contributed by atoms with Crippen molar-refractivity contribution in [2.45, 2.75) is 0 Å². The Morgan fingerprint density at radius 1 is 1.50 bits per heavy atom. The number of H-pyrrole nitrogens is 1. The largest absolute Gasteiger partial charge is 0.493 e. The number of aromatic nitrogens is 2. The van der Waals surface area contributed by atoms with Gasteiger partial charge >= 0.3 is 0 Å². The number of nitrogen functional groups attached to an aromatic ring is 1. The lowest BCUT2D eigenvalue weighted by Crippen LogP contribution is -1.93. The second-order valence-corrected chi connectivity index (χ2v) is 3.55. The van der Waals surface area contributed by atoms with Crippen LogP contribution in [0.25, 0.3) is 11.3 Å². The minimum atomic E-state index is -0.491. The molecule has 0 aliphatic rings. The molecule has 0 unspecified atom stereocenters. The Bertz CT molecular complexity index is 527. The predicted molar refractivity (Wildman–Crippen MR) is 60.0 cm³/mol. The van der Waals surface area contributed by atoms with Crippen LogP contribution < -0.4 is 10.5 Å². The molecule has 3 N–H and O–H groups in total. The molecule has 0 saturated carbocycles. The zero-order valence-electron chi connectivity index (χ0n) is 8.42. The first-order valence-electron chi connectivity index (χ1n) is 4.46. The fourth-order valence-electron chi connectivity index (χ4n) is 1.45. The Morgan fingerprint density at radius 2 is 2.25 bits per heavy atom. The van der Waals surface area contributed by atoms with Gasteiger partial charge in [0, 0.05) is 6.07 Å². The Hall–Kier alpha value is -1.75. The van der Waals surface area contributed by atoms with Crippen molar-refractivity contribution in [3.63, 3.8) is 0 Å². The van der Waals surface area contributed by atoms with Gasteiger partial charge in [0.25, 0.3) is 0 Å². The normalized spacial score (nSPS) is 10.4. The summed E-state index contributed by atoms with van der Waals surface area (Å²) < 4.78 is 18.4. The van der Waals surface area contributed by atoms with E-state index in [-0.39, 0.29) is 5.75 Å². The van der Waals surface area contributed by atoms with Crippen molar-refractivity contribution in [2.24, 2.45) is 0 Å². The summed E-state index contributed by atoms with van der Waals surface area (Å²) in [5, 5.41) is 6.78. The van der Waals surface area contributed by atoms with Gasteiger partial charge in [0.1, 0.15) is 5.82 Å². The topological polar surface area (TPSA) is 63.9 Å². The second-order valence-electron chi connectivity index (χ2n) is 3.14. The molecule has 0 amide bonds. The van der Waals surface area contributed by atoms with Crippen molar-refractivity contribution < 1.29 is 9.13 Å². The molecule has 0 spiro atoms. The number of nitrogens with zero attached hydrogens (tertiary/aromatic N) is 1. The molecule has 1 aromatic carbocycles. The van der Waals surface area contributed by atoms with Crippen LogP contribution in [0.1, 0.15) is 0 Å². The highest BCUT2D eigenvalue weighted by Gasteiger charge is 2.16. The van der Waals surface area contributed by atoms with Crippen molar-refractivity contribution in [3.8, 4) is 17.0 Å². The van der Waals surface area contributed by atoms with E-state index < -0.39 is 5.82 Å². The first-order valence-corrected chi connectivity index (χ1v) is 4.84. The summed E-state index contributed by atoms with van der Waals surface area (Å²) in [5.74, 6) is -0.122. The molecule has 1 heterocycles. The number of benzene rings is 1. The van der Waals surface area contributed by atoms with E-state index in [2.05, 4.69) is 10.2 Å². The summed E-state index contributed by atoms with van der Waals surface area (Å²) in [7, 11) is 1.37. The average Bonchev–Trinajstić information content (AvgIpc) is 2.67. The molecule has 1 aromatic heterocycles. The number of methoxy groups -OCH3 is 1. The first kappa shape index (κ1) is 10.8. The van der Waals surface area contributed by atoms with Gasteiger partial charge in [-0.2, -0.15) is 5.10 Å². The number of ether oxygens (including phenoxy) is 1. The quantitative estimate of drug-likeness (QED) is 0.849. The molecule has 0 aliphatic carbocycles. The minimum Gasteiger partial charge on any atom is -0.493 e. The Kier molecular flexibility index (Phi) is 2.70. The lowest BCUT2D eigenvalue weighted by atomic mass is 10.1. The monoisotopic (exact) mass is 241 g/mol. The highest BCUT2D eigenvalue weighted by atomic mass is 35.5. The Balaban J connectivity index is 2.67. The third kappa shape index (κ3) is 1.69. The van der Waals surface area contributed by atoms with Gasteiger partial charge < -0.3 is 10.5 Å². The minimum absolute atomic E-state index is 0.0659. The zero-order valence-corrected chi connectivity index (χ0v) is 9.18. The van der Waals surface area contributed by atoms with E-state index in [1.165, 1.54) is 19.2 Å². The van der Waals surface area contributed by atoms with Gasteiger partial charge in [-0.25, -0.2) is 4.39 Å². The number of hydrogen-bond acceptors (Lipinski definition) is 3. The number of halogens is 2. The first-order chi connectivity index (χ1) is 7.63. The van der Waals surface area contributed by atoms with E-state index in [0.717, 1.165) is 0 Å². The van der Waals surface area contributed by atoms with Crippen LogP contribution in [0.4, 0.5) is 10.2 Å². The second kappa shape index (κ2) is 4.02. The van der Waals surface area contributed by atoms with Crippen molar-refractivity contribution in [3.05, 3.63) is 29.0 Å². The van der Waals surface area contributed by atoms with Crippen LogP contribution in [0.15, 0.2) is 18.2 Å². The van der Waals surface area contributed by atoms with Crippen LogP contribution in [0.5, 0.6) is 5.75 Å². The predicted octanol–water partition coefficient (Wildman–Crippen LogP) is 2.46. The summed E-state index contributed by atoms with van der Waals surface area (Å²) in [5.41, 5.74) is 6.40. The summed E-state index contributed by atoms with van der Waals surface area (Å²) in [6.07, 6.45) is 0. The van der Waals surface area contributed by atoms with Gasteiger partial charge in [-0.05, 0) is 12.1 Å². The lowest BCUT2D eigenvalue weighted by molar-refractivity contribution is 0.388. The molecule has 0 atom stereocenters. The molecule has 4 nitrogen and oxygen atoms in total. The van der Waals surface area contributed by atoms with Crippen LogP contribution in [0, 0.1) is 5.82 Å². The molecule has 16 heavy (non-hydrogen) atoms. The van der Waals surface area contributed by atoms with Crippen LogP contribution in [0.3, 0.4) is 0 Å². The lowest BCUT2D eigenvalue weighted by Gasteiger charge is -2.09. The SMILES string of the molecule is COc1c(F)ccc(Cl)c1-c1cc(N)n[nH]1. The van der Waals surface area contributed by atoms with Crippen LogP contribution in [-0.2, 0) is 0 Å². The van der Waals surface area contributed by atoms with E-state index in [1.54, 1.807) is 6.07 Å². The molecule has 0 fully saturated rings. The maximum Gasteiger partial charge on any atom is 0.165 e. The molecular weight excluding hydrogens is 233 g/mol. The number of hydrogen-bond donors (Lipinski definition) is 2. The standard InChI is InChI=1S/C10H9ClFN3O/c1-16-10-6(12)3-2-5(11)9(10)7-4-8(13)15-14-7/h2-4H,1H3,(H3,13,14,15). The van der Waals surface area contributed by atoms with E-state index in [4.69, 9.17) is 22.1 Å². The maximum absolute atomic E-state index is 13.5. The van der Waals surface area contributed by atoms with Gasteiger partial charge in [-0.15, -0.1) is 0 Å². The number of aromatic amines is 1. The summed E-state index contributed by atoms with van der Waals surface area (Å²) >= 11 is 5.99. The highest BCUT2D eigenvalue weighted by Crippen LogP contribution is 2.37. The number of rotatable bonds is 2. The fourth-order valence-corrected chi connectivity index (χ4v) is 1.70. The number of nitrogens with two attached hydrogens (primary N) is 1. The van der Waals surface area contributed by atoms with Gasteiger partial charge in [-0.3, -0.25) is 5.10 Å². The van der Waals surface area contributed by atoms with E-state index in [1.807, 2.05) is 0 Å². The molecule has 0 radical (unpaired) electrons. The molecular formula is C10H9ClFN3O. The molecule has 2 rings (SSSR count). The van der Waals surface area contributed by atoms with Gasteiger partial charge in [0.05, 0.1) is 23.4 Å². The van der Waals surface area contributed by atoms with E-state index in [9.17, 15) is 4.39 Å². The van der Waals surface area contributed by atoms with Crippen molar-refractivity contribution in [1.82, 2.24) is 10.2 Å². The third-order valence-corrected chi connectivity index (χ3v) is 2.44. The Morgan fingerprint density at radius 3 is 2.81 bits per heavy atom. The molecule has 0 saturated heterocycles. The van der Waals surface area contributed by atoms with Crippen molar-refractivity contribution >= 4 is 17.4 Å². The van der Waals surface area contributed by atoms with E-state index >= 15 is 0 Å². The fraction of sp³-hybridized carbons (Fsp3) is 0.100. The van der Waals surface area contributed by atoms with Gasteiger partial charge in [-0.1, -0.05) is 11.6 Å². The van der Waals surface area contributed by atoms with Crippen LogP contribution in [-0.4, -0.2) is 17.3 Å². The maximum atomic E-state index is 13.5. The molecule has 6 heteroatoms. The summed E-state index contributed by atoms with van der Waals surface area (Å²) in [6.45, 7) is 0. The molecule has 0 bridgehead atoms. The van der Waals surface area contributed by atoms with Gasteiger partial charge in [0.15, 0.2) is 11.6 Å². The molecule has 0 aliphatic heterocycles. The smallest absolute Gasteiger partial charge is 0.165 e. The number of nitrogens with one attached hydrogen (secondary N) is 1. The van der Waals surface area contributed by atoms with Crippen molar-refractivity contribution in [2.75, 3.05) is 12.8 Å². The van der Waals surface area contributed by atoms with Crippen LogP contribution in [0.2, 0.25) is 5.02 Å². The Labute approximate surface area is 96.2 Å². The highest BCUT2D eigenvalue weighted by molar-refractivity contribution is 6.33. The molecule has 2 aromatic rings. The van der Waals surface area contributed by atoms with Gasteiger partial charge in [0.2, 0.25) is 0 Å². The van der Waals surface area contributed by atoms with Crippen molar-refractivity contribution in [1.29, 1.82) is 0 Å². The number of anilines is 1. The van der Waals surface area contributed by atoms with E-state index in [0.29, 0.717) is 22.1 Å². The third-order valence-electron chi connectivity index (χ3n) is 2.13. The zero-order chi connectivity index (χ0) is 11.7. The molecule has 84 valence electrons. The summed E-state index contributed by atoms with van der Waals surface area (Å²) in [4.78, 5) is 0. The van der Waals surface area contributed by atoms with Crippen LogP contribution >= 0.6 is 11.6 Å².